The number of carbonyl (C=O) groups is 3. The normalized spacial score (nSPS) is 19.9. The first-order valence-corrected chi connectivity index (χ1v) is 9.63. The molecular formula is C20H28ClN3O4. The van der Waals surface area contributed by atoms with Gasteiger partial charge in [-0.3, -0.25) is 24.2 Å². The Morgan fingerprint density at radius 3 is 2.14 bits per heavy atom. The lowest BCUT2D eigenvalue weighted by atomic mass is 10.0. The lowest BCUT2D eigenvalue weighted by Gasteiger charge is -2.38. The number of rotatable bonds is 7. The van der Waals surface area contributed by atoms with Crippen molar-refractivity contribution in [3.05, 3.63) is 35.9 Å². The lowest BCUT2D eigenvalue weighted by molar-refractivity contribution is -0.148. The molecule has 0 spiro atoms. The summed E-state index contributed by atoms with van der Waals surface area (Å²) in [7, 11) is 0. The molecule has 0 saturated carbocycles. The summed E-state index contributed by atoms with van der Waals surface area (Å²) in [5.74, 6) is -0.928. The Labute approximate surface area is 171 Å². The monoisotopic (exact) mass is 409 g/mol. The van der Waals surface area contributed by atoms with E-state index < -0.39 is 12.0 Å². The minimum atomic E-state index is -0.822. The van der Waals surface area contributed by atoms with Crippen molar-refractivity contribution in [3.63, 3.8) is 0 Å². The van der Waals surface area contributed by atoms with E-state index in [2.05, 4.69) is 4.90 Å². The summed E-state index contributed by atoms with van der Waals surface area (Å²) in [5, 5.41) is 9.66. The van der Waals surface area contributed by atoms with Crippen LogP contribution in [0.3, 0.4) is 0 Å². The van der Waals surface area contributed by atoms with Gasteiger partial charge in [-0.05, 0) is 24.9 Å². The van der Waals surface area contributed by atoms with Gasteiger partial charge in [0, 0.05) is 45.6 Å². The summed E-state index contributed by atoms with van der Waals surface area (Å²) in [4.78, 5) is 41.1. The predicted octanol–water partition coefficient (Wildman–Crippen LogP) is 1.78. The molecule has 2 fully saturated rings. The molecule has 2 saturated heterocycles. The van der Waals surface area contributed by atoms with E-state index in [9.17, 15) is 19.5 Å². The number of halogens is 1. The molecule has 28 heavy (non-hydrogen) atoms. The molecule has 0 bridgehead atoms. The summed E-state index contributed by atoms with van der Waals surface area (Å²) < 4.78 is 0. The summed E-state index contributed by atoms with van der Waals surface area (Å²) >= 11 is 0. The molecule has 3 rings (SSSR count). The molecule has 8 heteroatoms. The number of likely N-dealkylation sites (tertiary alicyclic amines) is 1. The number of carboxylic acids is 1. The number of aliphatic carboxylic acids is 1. The van der Waals surface area contributed by atoms with E-state index in [-0.39, 0.29) is 24.2 Å². The molecule has 2 aliphatic rings. The second kappa shape index (κ2) is 10.5. The average Bonchev–Trinajstić information content (AvgIpc) is 2.66. The van der Waals surface area contributed by atoms with Crippen molar-refractivity contribution >= 4 is 30.2 Å². The molecule has 1 atom stereocenters. The molecule has 0 radical (unpaired) electrons. The maximum atomic E-state index is 11.8. The number of imide groups is 1. The van der Waals surface area contributed by atoms with Gasteiger partial charge < -0.3 is 10.0 Å². The zero-order valence-electron chi connectivity index (χ0n) is 16.0. The highest BCUT2D eigenvalue weighted by atomic mass is 35.5. The standard InChI is InChI=1S/C20H27N3O4.ClH/c24-17-8-4-9-18(25)23(17)11-5-10-21-12-14-22(15-13-21)19(20(26)27)16-6-2-1-3-7-16;/h1-3,6-7,19H,4-5,8-15H2,(H,26,27);1H. The number of carboxylic acid groups (broad SMARTS) is 1. The number of carbonyl (C=O) groups excluding carboxylic acids is 2. The van der Waals surface area contributed by atoms with E-state index in [1.54, 1.807) is 0 Å². The van der Waals surface area contributed by atoms with Gasteiger partial charge in [0.15, 0.2) is 0 Å². The fourth-order valence-corrected chi connectivity index (χ4v) is 3.89. The van der Waals surface area contributed by atoms with E-state index >= 15 is 0 Å². The Balaban J connectivity index is 0.00000280. The molecule has 0 aromatic heterocycles. The largest absolute Gasteiger partial charge is 0.480 e. The maximum Gasteiger partial charge on any atom is 0.325 e. The lowest BCUT2D eigenvalue weighted by Crippen LogP contribution is -2.50. The minimum absolute atomic E-state index is 0. The highest BCUT2D eigenvalue weighted by Crippen LogP contribution is 2.22. The zero-order chi connectivity index (χ0) is 19.2. The van der Waals surface area contributed by atoms with E-state index in [4.69, 9.17) is 0 Å². The summed E-state index contributed by atoms with van der Waals surface area (Å²) in [6.45, 7) is 4.26. The Kier molecular flexibility index (Phi) is 8.41. The van der Waals surface area contributed by atoms with Crippen LogP contribution in [0, 0.1) is 0 Å². The second-order valence-corrected chi connectivity index (χ2v) is 7.18. The van der Waals surface area contributed by atoms with Gasteiger partial charge in [-0.15, -0.1) is 12.4 Å². The third kappa shape index (κ3) is 5.53. The molecule has 2 aliphatic heterocycles. The third-order valence-corrected chi connectivity index (χ3v) is 5.36. The predicted molar refractivity (Wildman–Crippen MR) is 107 cm³/mol. The Hall–Kier alpha value is -1.96. The van der Waals surface area contributed by atoms with Crippen molar-refractivity contribution in [3.8, 4) is 0 Å². The second-order valence-electron chi connectivity index (χ2n) is 7.18. The van der Waals surface area contributed by atoms with Gasteiger partial charge in [-0.2, -0.15) is 0 Å². The molecular weight excluding hydrogens is 382 g/mol. The Morgan fingerprint density at radius 1 is 0.964 bits per heavy atom. The van der Waals surface area contributed by atoms with Crippen LogP contribution in [0.15, 0.2) is 30.3 Å². The molecule has 2 amide bonds. The first kappa shape index (κ1) is 22.3. The first-order valence-electron chi connectivity index (χ1n) is 9.63. The topological polar surface area (TPSA) is 81.2 Å². The first-order chi connectivity index (χ1) is 13.1. The molecule has 1 unspecified atom stereocenters. The van der Waals surface area contributed by atoms with Gasteiger partial charge in [0.25, 0.3) is 0 Å². The van der Waals surface area contributed by atoms with Crippen LogP contribution in [-0.4, -0.2) is 76.9 Å². The summed E-state index contributed by atoms with van der Waals surface area (Å²) in [6.07, 6.45) is 2.38. The number of nitrogens with zero attached hydrogens (tertiary/aromatic N) is 3. The van der Waals surface area contributed by atoms with Crippen molar-refractivity contribution in [1.29, 1.82) is 0 Å². The van der Waals surface area contributed by atoms with Crippen LogP contribution in [0.25, 0.3) is 0 Å². The van der Waals surface area contributed by atoms with Crippen molar-refractivity contribution < 1.29 is 19.5 Å². The third-order valence-electron chi connectivity index (χ3n) is 5.36. The van der Waals surface area contributed by atoms with Crippen LogP contribution in [0.4, 0.5) is 0 Å². The van der Waals surface area contributed by atoms with Crippen LogP contribution in [0.1, 0.15) is 37.3 Å². The van der Waals surface area contributed by atoms with Crippen LogP contribution in [-0.2, 0) is 14.4 Å². The molecule has 1 aromatic rings. The van der Waals surface area contributed by atoms with Crippen LogP contribution < -0.4 is 0 Å². The van der Waals surface area contributed by atoms with Gasteiger partial charge in [0.05, 0.1) is 0 Å². The number of piperidine rings is 1. The molecule has 1 N–H and O–H groups in total. The van der Waals surface area contributed by atoms with E-state index in [1.807, 2.05) is 35.2 Å². The average molecular weight is 410 g/mol. The number of amides is 2. The van der Waals surface area contributed by atoms with Gasteiger partial charge in [-0.1, -0.05) is 30.3 Å². The van der Waals surface area contributed by atoms with Crippen LogP contribution >= 0.6 is 12.4 Å². The summed E-state index contributed by atoms with van der Waals surface area (Å²) in [5.41, 5.74) is 0.806. The van der Waals surface area contributed by atoms with Crippen molar-refractivity contribution in [1.82, 2.24) is 14.7 Å². The van der Waals surface area contributed by atoms with E-state index in [1.165, 1.54) is 4.90 Å². The minimum Gasteiger partial charge on any atom is -0.480 e. The van der Waals surface area contributed by atoms with Crippen molar-refractivity contribution in [2.75, 3.05) is 39.3 Å². The highest BCUT2D eigenvalue weighted by Gasteiger charge is 2.30. The fourth-order valence-electron chi connectivity index (χ4n) is 3.89. The molecule has 7 nitrogen and oxygen atoms in total. The smallest absolute Gasteiger partial charge is 0.325 e. The number of hydrogen-bond acceptors (Lipinski definition) is 5. The Morgan fingerprint density at radius 2 is 1.57 bits per heavy atom. The number of piperazine rings is 1. The molecule has 1 aromatic carbocycles. The maximum absolute atomic E-state index is 11.8. The summed E-state index contributed by atoms with van der Waals surface area (Å²) in [6, 6.07) is 8.72. The molecule has 0 aliphatic carbocycles. The highest BCUT2D eigenvalue weighted by molar-refractivity contribution is 5.97. The van der Waals surface area contributed by atoms with Gasteiger partial charge in [0.1, 0.15) is 6.04 Å². The van der Waals surface area contributed by atoms with Crippen molar-refractivity contribution in [2.24, 2.45) is 0 Å². The van der Waals surface area contributed by atoms with E-state index in [0.717, 1.165) is 31.6 Å². The van der Waals surface area contributed by atoms with Crippen LogP contribution in [0.5, 0.6) is 0 Å². The fraction of sp³-hybridized carbons (Fsp3) is 0.550. The SMILES string of the molecule is Cl.O=C(O)C(c1ccccc1)N1CCN(CCCN2C(=O)CCCC2=O)CC1. The van der Waals surface area contributed by atoms with Gasteiger partial charge in [0.2, 0.25) is 11.8 Å². The quantitative estimate of drug-likeness (QED) is 0.691. The van der Waals surface area contributed by atoms with E-state index in [0.29, 0.717) is 38.9 Å². The molecule has 2 heterocycles. The number of hydrogen-bond donors (Lipinski definition) is 1. The number of benzene rings is 1. The Bertz CT molecular complexity index is 661. The van der Waals surface area contributed by atoms with Gasteiger partial charge in [-0.25, -0.2) is 0 Å². The van der Waals surface area contributed by atoms with Gasteiger partial charge >= 0.3 is 5.97 Å². The zero-order valence-corrected chi connectivity index (χ0v) is 16.8. The molecule has 154 valence electrons. The van der Waals surface area contributed by atoms with Crippen molar-refractivity contribution in [2.45, 2.75) is 31.7 Å². The van der Waals surface area contributed by atoms with Crippen LogP contribution in [0.2, 0.25) is 0 Å².